The number of benzene rings is 1. The molecule has 4 nitrogen and oxygen atoms in total. The van der Waals surface area contributed by atoms with Gasteiger partial charge in [0.1, 0.15) is 9.84 Å². The third kappa shape index (κ3) is 5.69. The summed E-state index contributed by atoms with van der Waals surface area (Å²) in [6.45, 7) is 2.73. The lowest BCUT2D eigenvalue weighted by Crippen LogP contribution is -2.31. The van der Waals surface area contributed by atoms with Crippen molar-refractivity contribution < 1.29 is 13.2 Å². The number of rotatable bonds is 6. The Morgan fingerprint density at radius 3 is 2.40 bits per heavy atom. The minimum Gasteiger partial charge on any atom is -0.339 e. The zero-order chi connectivity index (χ0) is 15.3. The highest BCUT2D eigenvalue weighted by atomic mass is 35.5. The molecule has 0 radical (unpaired) electrons. The van der Waals surface area contributed by atoms with Crippen LogP contribution in [-0.4, -0.2) is 37.8 Å². The van der Waals surface area contributed by atoms with Gasteiger partial charge >= 0.3 is 0 Å². The average Bonchev–Trinajstić information content (AvgIpc) is 2.36. The van der Waals surface area contributed by atoms with Crippen LogP contribution in [0.5, 0.6) is 0 Å². The SMILES string of the molecule is CCN(Cc1ccc(Cl)c(Cl)c1)C(=O)CCS(C)(=O)=O. The third-order valence-corrected chi connectivity index (χ3v) is 4.46. The van der Waals surface area contributed by atoms with Gasteiger partial charge in [-0.25, -0.2) is 8.42 Å². The average molecular weight is 338 g/mol. The summed E-state index contributed by atoms with van der Waals surface area (Å²) in [5, 5.41) is 0.894. The maximum Gasteiger partial charge on any atom is 0.223 e. The number of carbonyl (C=O) groups is 1. The maximum atomic E-state index is 12.0. The Labute approximate surface area is 129 Å². The topological polar surface area (TPSA) is 54.5 Å². The van der Waals surface area contributed by atoms with E-state index in [9.17, 15) is 13.2 Å². The van der Waals surface area contributed by atoms with Crippen LogP contribution in [0.3, 0.4) is 0 Å². The van der Waals surface area contributed by atoms with Gasteiger partial charge in [-0.2, -0.15) is 0 Å². The van der Waals surface area contributed by atoms with Crippen molar-refractivity contribution in [3.8, 4) is 0 Å². The number of amides is 1. The molecule has 0 unspecified atom stereocenters. The van der Waals surface area contributed by atoms with E-state index in [2.05, 4.69) is 0 Å². The Bertz CT molecular complexity index is 587. The zero-order valence-electron chi connectivity index (χ0n) is 11.4. The van der Waals surface area contributed by atoms with E-state index in [1.807, 2.05) is 6.92 Å². The molecule has 1 rings (SSSR count). The van der Waals surface area contributed by atoms with Gasteiger partial charge < -0.3 is 4.90 Å². The molecule has 7 heteroatoms. The van der Waals surface area contributed by atoms with Gasteiger partial charge in [0, 0.05) is 25.8 Å². The molecule has 0 aromatic heterocycles. The van der Waals surface area contributed by atoms with Crippen LogP contribution >= 0.6 is 23.2 Å². The van der Waals surface area contributed by atoms with Crippen LogP contribution in [0.15, 0.2) is 18.2 Å². The summed E-state index contributed by atoms with van der Waals surface area (Å²) in [5.74, 6) is -0.326. The summed E-state index contributed by atoms with van der Waals surface area (Å²) in [6.07, 6.45) is 1.11. The minimum absolute atomic E-state index is 0.00596. The molecule has 0 aliphatic heterocycles. The Hall–Kier alpha value is -0.780. The van der Waals surface area contributed by atoms with E-state index in [1.54, 1.807) is 23.1 Å². The Morgan fingerprint density at radius 1 is 1.25 bits per heavy atom. The molecule has 0 saturated heterocycles. The van der Waals surface area contributed by atoms with E-state index < -0.39 is 9.84 Å². The summed E-state index contributed by atoms with van der Waals surface area (Å²) in [4.78, 5) is 13.6. The van der Waals surface area contributed by atoms with Crippen LogP contribution in [0.25, 0.3) is 0 Å². The van der Waals surface area contributed by atoms with Crippen LogP contribution in [0.1, 0.15) is 18.9 Å². The second-order valence-electron chi connectivity index (χ2n) is 4.54. The normalized spacial score (nSPS) is 11.4. The van der Waals surface area contributed by atoms with Gasteiger partial charge in [0.25, 0.3) is 0 Å². The van der Waals surface area contributed by atoms with E-state index >= 15 is 0 Å². The number of nitrogens with zero attached hydrogens (tertiary/aromatic N) is 1. The van der Waals surface area contributed by atoms with Crippen molar-refractivity contribution in [3.05, 3.63) is 33.8 Å². The molecule has 0 spiro atoms. The molecule has 0 atom stereocenters. The van der Waals surface area contributed by atoms with E-state index in [0.717, 1.165) is 11.8 Å². The first-order valence-electron chi connectivity index (χ1n) is 6.12. The molecule has 0 bridgehead atoms. The molecule has 0 aliphatic carbocycles. The molecule has 0 saturated carbocycles. The third-order valence-electron chi connectivity index (χ3n) is 2.78. The molecule has 1 amide bonds. The summed E-state index contributed by atoms with van der Waals surface area (Å²) >= 11 is 11.8. The Balaban J connectivity index is 2.71. The van der Waals surface area contributed by atoms with Gasteiger partial charge in [0.15, 0.2) is 0 Å². The van der Waals surface area contributed by atoms with Gasteiger partial charge in [0.05, 0.1) is 15.8 Å². The maximum absolute atomic E-state index is 12.0. The Morgan fingerprint density at radius 2 is 1.90 bits per heavy atom. The molecule has 0 aliphatic rings. The standard InChI is InChI=1S/C13H17Cl2NO3S/c1-3-16(13(17)6-7-20(2,18)19)9-10-4-5-11(14)12(15)8-10/h4-5,8H,3,6-7,9H2,1-2H3. The molecule has 20 heavy (non-hydrogen) atoms. The molecular formula is C13H17Cl2NO3S. The smallest absolute Gasteiger partial charge is 0.223 e. The van der Waals surface area contributed by atoms with Gasteiger partial charge in [-0.1, -0.05) is 29.3 Å². The van der Waals surface area contributed by atoms with Gasteiger partial charge in [-0.05, 0) is 24.6 Å². The first-order chi connectivity index (χ1) is 9.23. The fourth-order valence-electron chi connectivity index (χ4n) is 1.67. The second-order valence-corrected chi connectivity index (χ2v) is 7.61. The molecule has 1 aromatic rings. The predicted molar refractivity (Wildman–Crippen MR) is 81.9 cm³/mol. The lowest BCUT2D eigenvalue weighted by molar-refractivity contribution is -0.131. The van der Waals surface area contributed by atoms with Crippen LogP contribution < -0.4 is 0 Å². The summed E-state index contributed by atoms with van der Waals surface area (Å²) < 4.78 is 22.2. The van der Waals surface area contributed by atoms with Gasteiger partial charge in [-0.3, -0.25) is 4.79 Å². The number of hydrogen-bond acceptors (Lipinski definition) is 3. The first kappa shape index (κ1) is 17.3. The van der Waals surface area contributed by atoms with Crippen molar-refractivity contribution in [3.63, 3.8) is 0 Å². The van der Waals surface area contributed by atoms with Crippen molar-refractivity contribution in [1.29, 1.82) is 0 Å². The molecule has 112 valence electrons. The fraction of sp³-hybridized carbons (Fsp3) is 0.462. The summed E-state index contributed by atoms with van der Waals surface area (Å²) in [5.41, 5.74) is 0.856. The van der Waals surface area contributed by atoms with E-state index in [4.69, 9.17) is 23.2 Å². The highest BCUT2D eigenvalue weighted by Crippen LogP contribution is 2.23. The highest BCUT2D eigenvalue weighted by molar-refractivity contribution is 7.90. The molecular weight excluding hydrogens is 321 g/mol. The van der Waals surface area contributed by atoms with Crippen LogP contribution in [0.4, 0.5) is 0 Å². The molecule has 0 N–H and O–H groups in total. The fourth-order valence-corrected chi connectivity index (χ4v) is 2.53. The predicted octanol–water partition coefficient (Wildman–Crippen LogP) is 2.78. The molecule has 0 fully saturated rings. The van der Waals surface area contributed by atoms with E-state index in [0.29, 0.717) is 23.1 Å². The van der Waals surface area contributed by atoms with Crippen LogP contribution in [-0.2, 0) is 21.2 Å². The van der Waals surface area contributed by atoms with Gasteiger partial charge in [0.2, 0.25) is 5.91 Å². The second kappa shape index (κ2) is 7.29. The number of halogens is 2. The lowest BCUT2D eigenvalue weighted by Gasteiger charge is -2.21. The number of sulfone groups is 1. The highest BCUT2D eigenvalue weighted by Gasteiger charge is 2.15. The van der Waals surface area contributed by atoms with E-state index in [-0.39, 0.29) is 18.1 Å². The zero-order valence-corrected chi connectivity index (χ0v) is 13.7. The molecule has 0 heterocycles. The summed E-state index contributed by atoms with van der Waals surface area (Å²) in [6, 6.07) is 5.17. The van der Waals surface area contributed by atoms with Crippen molar-refractivity contribution in [1.82, 2.24) is 4.90 Å². The van der Waals surface area contributed by atoms with Crippen molar-refractivity contribution in [2.24, 2.45) is 0 Å². The Kier molecular flexibility index (Phi) is 6.30. The minimum atomic E-state index is -3.13. The number of hydrogen-bond donors (Lipinski definition) is 0. The van der Waals surface area contributed by atoms with E-state index in [1.165, 1.54) is 0 Å². The van der Waals surface area contributed by atoms with Crippen molar-refractivity contribution in [2.75, 3.05) is 18.6 Å². The number of carbonyl (C=O) groups excluding carboxylic acids is 1. The van der Waals surface area contributed by atoms with Gasteiger partial charge in [-0.15, -0.1) is 0 Å². The first-order valence-corrected chi connectivity index (χ1v) is 8.94. The summed E-state index contributed by atoms with van der Waals surface area (Å²) in [7, 11) is -3.13. The largest absolute Gasteiger partial charge is 0.339 e. The van der Waals surface area contributed by atoms with Crippen LogP contribution in [0, 0.1) is 0 Å². The van der Waals surface area contributed by atoms with Crippen molar-refractivity contribution in [2.45, 2.75) is 19.9 Å². The lowest BCUT2D eigenvalue weighted by atomic mass is 10.2. The quantitative estimate of drug-likeness (QED) is 0.801. The molecule has 1 aromatic carbocycles. The van der Waals surface area contributed by atoms with Crippen molar-refractivity contribution >= 4 is 38.9 Å². The van der Waals surface area contributed by atoms with Crippen LogP contribution in [0.2, 0.25) is 10.0 Å². The monoisotopic (exact) mass is 337 g/mol.